The van der Waals surface area contributed by atoms with Gasteiger partial charge in [0.1, 0.15) is 6.54 Å². The quantitative estimate of drug-likeness (QED) is 0.0535. The van der Waals surface area contributed by atoms with Crippen LogP contribution in [0.3, 0.4) is 0 Å². The van der Waals surface area contributed by atoms with Gasteiger partial charge in [-0.2, -0.15) is 0 Å². The highest BCUT2D eigenvalue weighted by Crippen LogP contribution is 2.18. The van der Waals surface area contributed by atoms with E-state index in [1.54, 1.807) is 0 Å². The Bertz CT molecular complexity index is 449. The Hall–Kier alpha value is 0.210. The van der Waals surface area contributed by atoms with Crippen LogP contribution in [-0.4, -0.2) is 42.4 Å². The van der Waals surface area contributed by atoms with E-state index in [0.717, 1.165) is 11.0 Å². The fourth-order valence-corrected chi connectivity index (χ4v) is 7.01. The number of halogens is 1. The van der Waals surface area contributed by atoms with Crippen molar-refractivity contribution in [1.29, 1.82) is 0 Å². The van der Waals surface area contributed by atoms with E-state index in [1.165, 1.54) is 225 Å². The third-order valence-corrected chi connectivity index (χ3v) is 10.2. The number of quaternary nitrogens is 1. The zero-order valence-electron chi connectivity index (χ0n) is 30.4. The van der Waals surface area contributed by atoms with Gasteiger partial charge in [-0.05, 0) is 32.6 Å². The van der Waals surface area contributed by atoms with Gasteiger partial charge in [0.2, 0.25) is 0 Å². The van der Waals surface area contributed by atoms with E-state index in [1.807, 2.05) is 0 Å². The second-order valence-electron chi connectivity index (χ2n) is 14.2. The summed E-state index contributed by atoms with van der Waals surface area (Å²) in [5.74, 6) is 0. The number of rotatable bonds is 37. The SMILES string of the molecule is CCCCCCCCCCCCCCCCCC[N+](CC)(CCO)CCCCCCCCCCCCCCCCCC.[Cl-]. The van der Waals surface area contributed by atoms with Gasteiger partial charge in [-0.1, -0.05) is 194 Å². The smallest absolute Gasteiger partial charge is 0.102 e. The molecule has 0 aromatic heterocycles. The summed E-state index contributed by atoms with van der Waals surface area (Å²) in [6.45, 7) is 12.0. The zero-order chi connectivity index (χ0) is 30.7. The Morgan fingerprint density at radius 2 is 0.512 bits per heavy atom. The van der Waals surface area contributed by atoms with E-state index in [2.05, 4.69) is 20.8 Å². The molecule has 0 heterocycles. The van der Waals surface area contributed by atoms with Gasteiger partial charge in [0, 0.05) is 0 Å². The molecule has 262 valence electrons. The van der Waals surface area contributed by atoms with E-state index in [-0.39, 0.29) is 12.4 Å². The number of unbranched alkanes of at least 4 members (excludes halogenated alkanes) is 30. The van der Waals surface area contributed by atoms with Crippen molar-refractivity contribution >= 4 is 0 Å². The first-order valence-corrected chi connectivity index (χ1v) is 20.2. The molecule has 0 aromatic carbocycles. The van der Waals surface area contributed by atoms with Crippen molar-refractivity contribution in [3.05, 3.63) is 0 Å². The largest absolute Gasteiger partial charge is 1.00 e. The molecule has 0 aliphatic carbocycles. The van der Waals surface area contributed by atoms with Gasteiger partial charge in [-0.25, -0.2) is 0 Å². The zero-order valence-corrected chi connectivity index (χ0v) is 31.2. The van der Waals surface area contributed by atoms with Crippen LogP contribution < -0.4 is 12.4 Å². The summed E-state index contributed by atoms with van der Waals surface area (Å²) in [6, 6.07) is 0. The van der Waals surface area contributed by atoms with Crippen LogP contribution >= 0.6 is 0 Å². The van der Waals surface area contributed by atoms with Crippen molar-refractivity contribution in [1.82, 2.24) is 0 Å². The number of hydrogen-bond acceptors (Lipinski definition) is 1. The number of hydrogen-bond donors (Lipinski definition) is 1. The van der Waals surface area contributed by atoms with Crippen LogP contribution in [0.15, 0.2) is 0 Å². The minimum Gasteiger partial charge on any atom is -1.00 e. The molecule has 0 radical (unpaired) electrons. The summed E-state index contributed by atoms with van der Waals surface area (Å²) in [7, 11) is 0. The van der Waals surface area contributed by atoms with Crippen LogP contribution in [0.25, 0.3) is 0 Å². The van der Waals surface area contributed by atoms with Crippen LogP contribution in [-0.2, 0) is 0 Å². The molecule has 0 fully saturated rings. The summed E-state index contributed by atoms with van der Waals surface area (Å²) >= 11 is 0. The predicted molar refractivity (Wildman–Crippen MR) is 192 cm³/mol. The Kier molecular flexibility index (Phi) is 40.5. The van der Waals surface area contributed by atoms with Crippen molar-refractivity contribution in [2.45, 2.75) is 226 Å². The highest BCUT2D eigenvalue weighted by atomic mass is 35.5. The molecule has 2 nitrogen and oxygen atoms in total. The standard InChI is InChI=1S/C40H84NO.ClH/c1-4-7-9-11-13-15-17-19-21-23-25-27-29-31-33-35-37-41(6-3,39-40-42)38-36-34-32-30-28-26-24-22-20-18-16-14-12-10-8-5-2;/h42H,4-40H2,1-3H3;1H/q+1;/p-1. The molecule has 3 heteroatoms. The highest BCUT2D eigenvalue weighted by molar-refractivity contribution is 4.53. The maximum atomic E-state index is 9.79. The Morgan fingerprint density at radius 1 is 0.302 bits per heavy atom. The lowest BCUT2D eigenvalue weighted by atomic mass is 10.0. The van der Waals surface area contributed by atoms with E-state index < -0.39 is 0 Å². The fraction of sp³-hybridized carbons (Fsp3) is 1.00. The molecule has 1 N–H and O–H groups in total. The average molecular weight is 631 g/mol. The van der Waals surface area contributed by atoms with E-state index >= 15 is 0 Å². The molecule has 0 saturated heterocycles. The Morgan fingerprint density at radius 3 is 0.698 bits per heavy atom. The molecule has 0 unspecified atom stereocenters. The molecule has 0 spiro atoms. The minimum absolute atomic E-state index is 0. The third-order valence-electron chi connectivity index (χ3n) is 10.2. The number of aliphatic hydroxyl groups excluding tert-OH is 1. The summed E-state index contributed by atoms with van der Waals surface area (Å²) < 4.78 is 1.16. The molecule has 0 rings (SSSR count). The molecular weight excluding hydrogens is 546 g/mol. The van der Waals surface area contributed by atoms with Crippen molar-refractivity contribution in [3.63, 3.8) is 0 Å². The van der Waals surface area contributed by atoms with E-state index in [0.29, 0.717) is 6.61 Å². The summed E-state index contributed by atoms with van der Waals surface area (Å²) in [6.07, 6.45) is 46.0. The van der Waals surface area contributed by atoms with Crippen LogP contribution in [0.2, 0.25) is 0 Å². The average Bonchev–Trinajstić information content (AvgIpc) is 3.00. The normalized spacial score (nSPS) is 11.7. The van der Waals surface area contributed by atoms with Crippen LogP contribution in [0.4, 0.5) is 0 Å². The summed E-state index contributed by atoms with van der Waals surface area (Å²) in [5, 5.41) is 9.79. The molecular formula is C40H84ClNO. The second-order valence-corrected chi connectivity index (χ2v) is 14.2. The van der Waals surface area contributed by atoms with Crippen molar-refractivity contribution in [2.75, 3.05) is 32.8 Å². The van der Waals surface area contributed by atoms with Gasteiger partial charge >= 0.3 is 0 Å². The topological polar surface area (TPSA) is 20.2 Å². The molecule has 43 heavy (non-hydrogen) atoms. The molecule has 0 aliphatic rings. The molecule has 0 aliphatic heterocycles. The third kappa shape index (κ3) is 33.4. The second kappa shape index (κ2) is 38.4. The number of nitrogens with zero attached hydrogens (tertiary/aromatic N) is 1. The molecule has 0 amide bonds. The monoisotopic (exact) mass is 630 g/mol. The summed E-state index contributed by atoms with van der Waals surface area (Å²) in [4.78, 5) is 0. The van der Waals surface area contributed by atoms with Crippen LogP contribution in [0.5, 0.6) is 0 Å². The lowest BCUT2D eigenvalue weighted by molar-refractivity contribution is -0.927. The van der Waals surface area contributed by atoms with Gasteiger partial charge in [0.25, 0.3) is 0 Å². The van der Waals surface area contributed by atoms with Gasteiger partial charge < -0.3 is 22.0 Å². The fourth-order valence-electron chi connectivity index (χ4n) is 7.01. The highest BCUT2D eigenvalue weighted by Gasteiger charge is 2.23. The maximum Gasteiger partial charge on any atom is 0.102 e. The molecule has 0 aromatic rings. The first kappa shape index (κ1) is 45.3. The first-order chi connectivity index (χ1) is 20.7. The molecule has 0 bridgehead atoms. The lowest BCUT2D eigenvalue weighted by Crippen LogP contribution is -3.00. The van der Waals surface area contributed by atoms with Crippen molar-refractivity contribution < 1.29 is 22.0 Å². The van der Waals surface area contributed by atoms with Crippen LogP contribution in [0, 0.1) is 0 Å². The van der Waals surface area contributed by atoms with Gasteiger partial charge in [0.15, 0.2) is 0 Å². The summed E-state index contributed by atoms with van der Waals surface area (Å²) in [5.41, 5.74) is 0. The van der Waals surface area contributed by atoms with Gasteiger partial charge in [-0.15, -0.1) is 0 Å². The molecule has 0 saturated carbocycles. The first-order valence-electron chi connectivity index (χ1n) is 20.2. The minimum atomic E-state index is 0. The Labute approximate surface area is 280 Å². The van der Waals surface area contributed by atoms with Crippen molar-refractivity contribution in [2.24, 2.45) is 0 Å². The van der Waals surface area contributed by atoms with Gasteiger partial charge in [-0.3, -0.25) is 0 Å². The molecule has 0 atom stereocenters. The van der Waals surface area contributed by atoms with Crippen molar-refractivity contribution in [3.8, 4) is 0 Å². The number of aliphatic hydroxyl groups is 1. The van der Waals surface area contributed by atoms with Gasteiger partial charge in [0.05, 0.1) is 26.2 Å². The van der Waals surface area contributed by atoms with Crippen LogP contribution in [0.1, 0.15) is 226 Å². The number of likely N-dealkylation sites (N-methyl/N-ethyl adjacent to an activating group) is 1. The predicted octanol–water partition coefficient (Wildman–Crippen LogP) is 10.3. The van der Waals surface area contributed by atoms with E-state index in [4.69, 9.17) is 0 Å². The maximum absolute atomic E-state index is 9.79. The van der Waals surface area contributed by atoms with E-state index in [9.17, 15) is 5.11 Å². The lowest BCUT2D eigenvalue weighted by Gasteiger charge is -2.37. The Balaban J connectivity index is 0.